The van der Waals surface area contributed by atoms with Crippen molar-refractivity contribution in [2.75, 3.05) is 26.2 Å². The SMILES string of the molecule is CCn1c(Cc2ccc(C(=O)N3CC[C@H](N4CCCC4)C3)cc2)nc2ccccc21. The summed E-state index contributed by atoms with van der Waals surface area (Å²) in [7, 11) is 0. The Morgan fingerprint density at radius 3 is 2.57 bits per heavy atom. The monoisotopic (exact) mass is 402 g/mol. The molecule has 5 heteroatoms. The maximum atomic E-state index is 13.0. The van der Waals surface area contributed by atoms with Crippen molar-refractivity contribution < 1.29 is 4.79 Å². The summed E-state index contributed by atoms with van der Waals surface area (Å²) in [6, 6.07) is 17.0. The van der Waals surface area contributed by atoms with Gasteiger partial charge in [-0.25, -0.2) is 4.98 Å². The largest absolute Gasteiger partial charge is 0.337 e. The van der Waals surface area contributed by atoms with Crippen molar-refractivity contribution in [1.82, 2.24) is 19.4 Å². The zero-order valence-electron chi connectivity index (χ0n) is 17.8. The first-order valence-electron chi connectivity index (χ1n) is 11.3. The van der Waals surface area contributed by atoms with Gasteiger partial charge in [0, 0.05) is 37.7 Å². The van der Waals surface area contributed by atoms with Gasteiger partial charge in [0.05, 0.1) is 11.0 Å². The van der Waals surface area contributed by atoms with Gasteiger partial charge in [0.2, 0.25) is 0 Å². The van der Waals surface area contributed by atoms with Gasteiger partial charge in [-0.05, 0) is 69.1 Å². The lowest BCUT2D eigenvalue weighted by molar-refractivity contribution is 0.0780. The normalized spacial score (nSPS) is 19.8. The molecular weight excluding hydrogens is 372 g/mol. The molecule has 0 saturated carbocycles. The molecule has 0 radical (unpaired) electrons. The number of amides is 1. The third kappa shape index (κ3) is 3.63. The van der Waals surface area contributed by atoms with Crippen LogP contribution in [-0.4, -0.2) is 57.5 Å². The lowest BCUT2D eigenvalue weighted by Gasteiger charge is -2.23. The van der Waals surface area contributed by atoms with E-state index in [2.05, 4.69) is 46.7 Å². The molecule has 5 rings (SSSR count). The van der Waals surface area contributed by atoms with E-state index in [1.165, 1.54) is 37.0 Å². The molecule has 1 atom stereocenters. The van der Waals surface area contributed by atoms with Crippen molar-refractivity contribution >= 4 is 16.9 Å². The van der Waals surface area contributed by atoms with Crippen LogP contribution in [0.4, 0.5) is 0 Å². The predicted octanol–water partition coefficient (Wildman–Crippen LogP) is 3.96. The van der Waals surface area contributed by atoms with Crippen LogP contribution in [-0.2, 0) is 13.0 Å². The summed E-state index contributed by atoms with van der Waals surface area (Å²) in [6.07, 6.45) is 4.49. The van der Waals surface area contributed by atoms with Gasteiger partial charge in [0.1, 0.15) is 5.82 Å². The molecule has 1 amide bonds. The number of likely N-dealkylation sites (tertiary alicyclic amines) is 2. The van der Waals surface area contributed by atoms with Gasteiger partial charge in [0.15, 0.2) is 0 Å². The van der Waals surface area contributed by atoms with Gasteiger partial charge in [-0.1, -0.05) is 24.3 Å². The molecule has 2 fully saturated rings. The highest BCUT2D eigenvalue weighted by Crippen LogP contribution is 2.23. The first kappa shape index (κ1) is 19.3. The van der Waals surface area contributed by atoms with Crippen LogP contribution in [0.2, 0.25) is 0 Å². The Labute approximate surface area is 178 Å². The summed E-state index contributed by atoms with van der Waals surface area (Å²) in [4.78, 5) is 22.4. The van der Waals surface area contributed by atoms with E-state index in [4.69, 9.17) is 4.98 Å². The molecule has 156 valence electrons. The van der Waals surface area contributed by atoms with Crippen molar-refractivity contribution in [3.8, 4) is 0 Å². The standard InChI is InChI=1S/C25H30N4O/c1-2-29-23-8-4-3-7-22(23)26-24(29)17-19-9-11-20(12-10-19)25(30)28-16-13-21(18-28)27-14-5-6-15-27/h3-4,7-12,21H,2,5-6,13-18H2,1H3/t21-/m0/s1. The number of fused-ring (bicyclic) bond motifs is 1. The van der Waals surface area contributed by atoms with E-state index in [1.807, 2.05) is 23.1 Å². The molecule has 0 bridgehead atoms. The Morgan fingerprint density at radius 1 is 1.03 bits per heavy atom. The number of hydrogen-bond donors (Lipinski definition) is 0. The first-order valence-corrected chi connectivity index (χ1v) is 11.3. The molecule has 5 nitrogen and oxygen atoms in total. The molecule has 2 aliphatic rings. The van der Waals surface area contributed by atoms with Crippen molar-refractivity contribution in [2.24, 2.45) is 0 Å². The molecule has 3 heterocycles. The Morgan fingerprint density at radius 2 is 1.80 bits per heavy atom. The molecule has 0 unspecified atom stereocenters. The van der Waals surface area contributed by atoms with Crippen LogP contribution < -0.4 is 0 Å². The van der Waals surface area contributed by atoms with Crippen LogP contribution >= 0.6 is 0 Å². The predicted molar refractivity (Wildman–Crippen MR) is 120 cm³/mol. The summed E-state index contributed by atoms with van der Waals surface area (Å²) in [5.74, 6) is 1.25. The Bertz CT molecular complexity index is 1030. The number of carbonyl (C=O) groups is 1. The third-order valence-electron chi connectivity index (χ3n) is 6.72. The zero-order valence-corrected chi connectivity index (χ0v) is 17.8. The second kappa shape index (κ2) is 8.23. The molecule has 30 heavy (non-hydrogen) atoms. The van der Waals surface area contributed by atoms with Crippen molar-refractivity contribution in [3.63, 3.8) is 0 Å². The second-order valence-corrected chi connectivity index (χ2v) is 8.57. The number of aromatic nitrogens is 2. The fourth-order valence-electron chi connectivity index (χ4n) is 5.07. The lowest BCUT2D eigenvalue weighted by atomic mass is 10.1. The second-order valence-electron chi connectivity index (χ2n) is 8.57. The number of imidazole rings is 1. The molecule has 2 aromatic carbocycles. The maximum Gasteiger partial charge on any atom is 0.253 e. The van der Waals surface area contributed by atoms with E-state index in [0.29, 0.717) is 6.04 Å². The summed E-state index contributed by atoms with van der Waals surface area (Å²) < 4.78 is 2.27. The highest BCUT2D eigenvalue weighted by molar-refractivity contribution is 5.94. The van der Waals surface area contributed by atoms with Gasteiger partial charge in [-0.3, -0.25) is 9.69 Å². The van der Waals surface area contributed by atoms with Crippen LogP contribution in [0.3, 0.4) is 0 Å². The number of rotatable bonds is 5. The molecule has 0 N–H and O–H groups in total. The topological polar surface area (TPSA) is 41.4 Å². The number of nitrogens with zero attached hydrogens (tertiary/aromatic N) is 4. The van der Waals surface area contributed by atoms with Crippen LogP contribution in [0.25, 0.3) is 11.0 Å². The smallest absolute Gasteiger partial charge is 0.253 e. The molecular formula is C25H30N4O. The van der Waals surface area contributed by atoms with Crippen LogP contribution in [0, 0.1) is 0 Å². The Kier molecular flexibility index (Phi) is 5.30. The molecule has 0 spiro atoms. The molecule has 1 aromatic heterocycles. The minimum absolute atomic E-state index is 0.170. The van der Waals surface area contributed by atoms with Crippen LogP contribution in [0.5, 0.6) is 0 Å². The summed E-state index contributed by atoms with van der Waals surface area (Å²) >= 11 is 0. The first-order chi connectivity index (χ1) is 14.7. The van der Waals surface area contributed by atoms with Crippen molar-refractivity contribution in [1.29, 1.82) is 0 Å². The molecule has 3 aromatic rings. The molecule has 2 aliphatic heterocycles. The van der Waals surface area contributed by atoms with E-state index in [1.54, 1.807) is 0 Å². The zero-order chi connectivity index (χ0) is 20.5. The van der Waals surface area contributed by atoms with E-state index < -0.39 is 0 Å². The number of hydrogen-bond acceptors (Lipinski definition) is 3. The van der Waals surface area contributed by atoms with E-state index in [-0.39, 0.29) is 5.91 Å². The van der Waals surface area contributed by atoms with Gasteiger partial charge >= 0.3 is 0 Å². The van der Waals surface area contributed by atoms with Gasteiger partial charge in [-0.15, -0.1) is 0 Å². The average Bonchev–Trinajstić information content (AvgIpc) is 3.52. The summed E-state index contributed by atoms with van der Waals surface area (Å²) in [6.45, 7) is 7.21. The maximum absolute atomic E-state index is 13.0. The van der Waals surface area contributed by atoms with E-state index >= 15 is 0 Å². The quantitative estimate of drug-likeness (QED) is 0.649. The number of benzene rings is 2. The number of carbonyl (C=O) groups excluding carboxylic acids is 1. The highest BCUT2D eigenvalue weighted by Gasteiger charge is 2.31. The fraction of sp³-hybridized carbons (Fsp3) is 0.440. The van der Waals surface area contributed by atoms with E-state index in [0.717, 1.165) is 49.4 Å². The van der Waals surface area contributed by atoms with E-state index in [9.17, 15) is 4.79 Å². The summed E-state index contributed by atoms with van der Waals surface area (Å²) in [5, 5.41) is 0. The average molecular weight is 403 g/mol. The fourth-order valence-corrected chi connectivity index (χ4v) is 5.07. The van der Waals surface area contributed by atoms with Crippen LogP contribution in [0.15, 0.2) is 48.5 Å². The third-order valence-corrected chi connectivity index (χ3v) is 6.72. The van der Waals surface area contributed by atoms with Crippen molar-refractivity contribution in [2.45, 2.75) is 45.2 Å². The van der Waals surface area contributed by atoms with Crippen molar-refractivity contribution in [3.05, 3.63) is 65.5 Å². The van der Waals surface area contributed by atoms with Gasteiger partial charge < -0.3 is 9.47 Å². The summed E-state index contributed by atoms with van der Waals surface area (Å²) in [5.41, 5.74) is 4.21. The Balaban J connectivity index is 1.27. The minimum atomic E-state index is 0.170. The number of para-hydroxylation sites is 2. The number of aryl methyl sites for hydroxylation is 1. The highest BCUT2D eigenvalue weighted by atomic mass is 16.2. The van der Waals surface area contributed by atoms with Crippen LogP contribution in [0.1, 0.15) is 47.9 Å². The van der Waals surface area contributed by atoms with Gasteiger partial charge in [-0.2, -0.15) is 0 Å². The Hall–Kier alpha value is -2.66. The van der Waals surface area contributed by atoms with Gasteiger partial charge in [0.25, 0.3) is 5.91 Å². The lowest BCUT2D eigenvalue weighted by Crippen LogP contribution is -2.37. The minimum Gasteiger partial charge on any atom is -0.337 e. The molecule has 2 saturated heterocycles. The molecule has 0 aliphatic carbocycles.